The molecule has 110 valence electrons. The first-order chi connectivity index (χ1) is 10.2. The van der Waals surface area contributed by atoms with E-state index in [0.29, 0.717) is 17.3 Å². The van der Waals surface area contributed by atoms with Gasteiger partial charge in [0, 0.05) is 11.8 Å². The number of carbonyl (C=O) groups excluding carboxylic acids is 1. The molecule has 21 heavy (non-hydrogen) atoms. The molecule has 0 unspecified atom stereocenters. The van der Waals surface area contributed by atoms with Crippen molar-refractivity contribution < 1.29 is 9.18 Å². The first kappa shape index (κ1) is 14.0. The minimum Gasteiger partial charge on any atom is -0.364 e. The van der Waals surface area contributed by atoms with Crippen LogP contribution >= 0.6 is 11.8 Å². The SMILES string of the molecule is CSc1ncc2c(n1)-c1c(c(C(N)=O)nn1CCF)CC2. The number of halogens is 1. The average Bonchev–Trinajstić information content (AvgIpc) is 2.86. The number of hydrogen-bond donors (Lipinski definition) is 1. The van der Waals surface area contributed by atoms with E-state index >= 15 is 0 Å². The highest BCUT2D eigenvalue weighted by atomic mass is 32.2. The fourth-order valence-corrected chi connectivity index (χ4v) is 2.92. The fraction of sp³-hybridized carbons (Fsp3) is 0.385. The maximum Gasteiger partial charge on any atom is 0.269 e. The Morgan fingerprint density at radius 2 is 2.33 bits per heavy atom. The van der Waals surface area contributed by atoms with Gasteiger partial charge in [-0.3, -0.25) is 9.48 Å². The number of alkyl halides is 1. The zero-order valence-electron chi connectivity index (χ0n) is 11.5. The third kappa shape index (κ3) is 2.29. The second kappa shape index (κ2) is 5.44. The van der Waals surface area contributed by atoms with Gasteiger partial charge in [-0.15, -0.1) is 0 Å². The van der Waals surface area contributed by atoms with E-state index in [1.807, 2.05) is 6.26 Å². The van der Waals surface area contributed by atoms with E-state index in [9.17, 15) is 9.18 Å². The van der Waals surface area contributed by atoms with Crippen LogP contribution in [0.4, 0.5) is 4.39 Å². The van der Waals surface area contributed by atoms with Crippen LogP contribution in [0.3, 0.4) is 0 Å². The molecule has 8 heteroatoms. The first-order valence-corrected chi connectivity index (χ1v) is 7.74. The Morgan fingerprint density at radius 1 is 1.52 bits per heavy atom. The number of amides is 1. The molecule has 0 atom stereocenters. The number of rotatable bonds is 4. The van der Waals surface area contributed by atoms with Crippen molar-refractivity contribution >= 4 is 17.7 Å². The van der Waals surface area contributed by atoms with Crippen molar-refractivity contribution in [1.29, 1.82) is 0 Å². The van der Waals surface area contributed by atoms with E-state index in [2.05, 4.69) is 15.1 Å². The molecule has 0 radical (unpaired) electrons. The Kier molecular flexibility index (Phi) is 3.62. The molecule has 0 aromatic carbocycles. The number of fused-ring (bicyclic) bond motifs is 3. The van der Waals surface area contributed by atoms with Crippen molar-refractivity contribution in [3.8, 4) is 11.4 Å². The topological polar surface area (TPSA) is 86.7 Å². The van der Waals surface area contributed by atoms with Crippen LogP contribution in [0.1, 0.15) is 21.6 Å². The van der Waals surface area contributed by atoms with Crippen LogP contribution in [0.5, 0.6) is 0 Å². The summed E-state index contributed by atoms with van der Waals surface area (Å²) in [4.78, 5) is 20.3. The molecule has 1 amide bonds. The first-order valence-electron chi connectivity index (χ1n) is 6.51. The maximum atomic E-state index is 12.8. The molecule has 2 aromatic heterocycles. The predicted octanol–water partition coefficient (Wildman–Crippen LogP) is 1.23. The highest BCUT2D eigenvalue weighted by molar-refractivity contribution is 7.98. The van der Waals surface area contributed by atoms with Crippen LogP contribution < -0.4 is 5.73 Å². The van der Waals surface area contributed by atoms with Gasteiger partial charge >= 0.3 is 0 Å². The number of nitrogens with two attached hydrogens (primary N) is 1. The second-order valence-corrected chi connectivity index (χ2v) is 5.46. The highest BCUT2D eigenvalue weighted by Crippen LogP contribution is 2.34. The van der Waals surface area contributed by atoms with Crippen molar-refractivity contribution in [2.24, 2.45) is 5.73 Å². The highest BCUT2D eigenvalue weighted by Gasteiger charge is 2.28. The van der Waals surface area contributed by atoms with Crippen molar-refractivity contribution in [2.75, 3.05) is 12.9 Å². The molecule has 0 fully saturated rings. The Labute approximate surface area is 125 Å². The van der Waals surface area contributed by atoms with Crippen molar-refractivity contribution in [1.82, 2.24) is 19.7 Å². The van der Waals surface area contributed by atoms with Crippen molar-refractivity contribution in [2.45, 2.75) is 24.5 Å². The molecule has 0 saturated heterocycles. The molecule has 0 spiro atoms. The van der Waals surface area contributed by atoms with Gasteiger partial charge in [0.15, 0.2) is 10.9 Å². The average molecular weight is 307 g/mol. The van der Waals surface area contributed by atoms with Crippen molar-refractivity contribution in [3.05, 3.63) is 23.0 Å². The van der Waals surface area contributed by atoms with E-state index in [1.165, 1.54) is 16.4 Å². The van der Waals surface area contributed by atoms with E-state index in [-0.39, 0.29) is 12.2 Å². The predicted molar refractivity (Wildman–Crippen MR) is 76.9 cm³/mol. The Bertz CT molecular complexity index is 715. The van der Waals surface area contributed by atoms with Gasteiger partial charge in [0.2, 0.25) is 0 Å². The van der Waals surface area contributed by atoms with Crippen molar-refractivity contribution in [3.63, 3.8) is 0 Å². The Morgan fingerprint density at radius 3 is 3.00 bits per heavy atom. The van der Waals surface area contributed by atoms with Crippen LogP contribution in [-0.2, 0) is 19.4 Å². The van der Waals surface area contributed by atoms with Gasteiger partial charge in [-0.05, 0) is 24.7 Å². The van der Waals surface area contributed by atoms with Crippen LogP contribution in [0.25, 0.3) is 11.4 Å². The van der Waals surface area contributed by atoms with Crippen LogP contribution in [0.2, 0.25) is 0 Å². The third-order valence-electron chi connectivity index (χ3n) is 3.47. The normalized spacial score (nSPS) is 12.9. The quantitative estimate of drug-likeness (QED) is 0.678. The molecule has 0 bridgehead atoms. The summed E-state index contributed by atoms with van der Waals surface area (Å²) in [6, 6.07) is 0. The number of hydrogen-bond acceptors (Lipinski definition) is 5. The van der Waals surface area contributed by atoms with Crippen LogP contribution in [0, 0.1) is 0 Å². The molecule has 1 aliphatic rings. The summed E-state index contributed by atoms with van der Waals surface area (Å²) < 4.78 is 14.3. The largest absolute Gasteiger partial charge is 0.364 e. The van der Waals surface area contributed by atoms with Gasteiger partial charge in [0.1, 0.15) is 6.67 Å². The van der Waals surface area contributed by atoms with Gasteiger partial charge in [-0.2, -0.15) is 5.10 Å². The van der Waals surface area contributed by atoms with E-state index in [4.69, 9.17) is 5.73 Å². The lowest BCUT2D eigenvalue weighted by molar-refractivity contribution is 0.0993. The Hall–Kier alpha value is -1.96. The molecule has 0 saturated carbocycles. The van der Waals surface area contributed by atoms with E-state index in [0.717, 1.165) is 23.2 Å². The lowest BCUT2D eigenvalue weighted by Crippen LogP contribution is -2.15. The summed E-state index contributed by atoms with van der Waals surface area (Å²) in [5.74, 6) is -0.591. The number of aromatic nitrogens is 4. The molecule has 1 aliphatic carbocycles. The number of aryl methyl sites for hydroxylation is 2. The van der Waals surface area contributed by atoms with Gasteiger partial charge < -0.3 is 5.73 Å². The molecule has 3 rings (SSSR count). The fourth-order valence-electron chi connectivity index (χ4n) is 2.58. The summed E-state index contributed by atoms with van der Waals surface area (Å²) in [5.41, 5.74) is 8.76. The molecule has 0 aliphatic heterocycles. The second-order valence-electron chi connectivity index (χ2n) is 4.68. The van der Waals surface area contributed by atoms with Gasteiger partial charge in [-0.25, -0.2) is 14.4 Å². The Balaban J connectivity index is 2.24. The van der Waals surface area contributed by atoms with Gasteiger partial charge in [-0.1, -0.05) is 11.8 Å². The number of thioether (sulfide) groups is 1. The van der Waals surface area contributed by atoms with Gasteiger partial charge in [0.25, 0.3) is 5.91 Å². The summed E-state index contributed by atoms with van der Waals surface area (Å²) >= 11 is 1.43. The number of nitrogens with zero attached hydrogens (tertiary/aromatic N) is 4. The smallest absolute Gasteiger partial charge is 0.269 e. The third-order valence-corrected chi connectivity index (χ3v) is 4.04. The molecule has 2 aromatic rings. The molecular weight excluding hydrogens is 293 g/mol. The number of primary amides is 1. The molecular formula is C13H14FN5OS. The zero-order chi connectivity index (χ0) is 15.0. The van der Waals surface area contributed by atoms with E-state index in [1.54, 1.807) is 6.20 Å². The zero-order valence-corrected chi connectivity index (χ0v) is 12.3. The number of carbonyl (C=O) groups is 1. The van der Waals surface area contributed by atoms with Crippen LogP contribution in [-0.4, -0.2) is 38.6 Å². The van der Waals surface area contributed by atoms with E-state index < -0.39 is 12.6 Å². The minimum atomic E-state index is -0.591. The standard InChI is InChI=1S/C13H14FN5OS/c1-21-13-16-6-7-2-3-8-10(12(15)20)18-19(5-4-14)11(8)9(7)17-13/h6H,2-5H2,1H3,(H2,15,20). The molecule has 2 heterocycles. The summed E-state index contributed by atoms with van der Waals surface area (Å²) in [6.07, 6.45) is 5.03. The summed E-state index contributed by atoms with van der Waals surface area (Å²) in [5, 5.41) is 4.80. The minimum absolute atomic E-state index is 0.0770. The lowest BCUT2D eigenvalue weighted by Gasteiger charge is -2.17. The monoisotopic (exact) mass is 307 g/mol. The van der Waals surface area contributed by atoms with Gasteiger partial charge in [0.05, 0.1) is 17.9 Å². The summed E-state index contributed by atoms with van der Waals surface area (Å²) in [6.45, 7) is -0.490. The molecule has 6 nitrogen and oxygen atoms in total. The lowest BCUT2D eigenvalue weighted by atomic mass is 9.93. The van der Waals surface area contributed by atoms with Crippen LogP contribution in [0.15, 0.2) is 11.4 Å². The maximum absolute atomic E-state index is 12.8. The summed E-state index contributed by atoms with van der Waals surface area (Å²) in [7, 11) is 0. The molecule has 2 N–H and O–H groups in total.